The number of rotatable bonds is 5. The molecule has 2 saturated heterocycles. The summed E-state index contributed by atoms with van der Waals surface area (Å²) in [5.41, 5.74) is 0.197. The van der Waals surface area contributed by atoms with E-state index in [0.717, 1.165) is 64.5 Å². The lowest BCUT2D eigenvalue weighted by Gasteiger charge is -2.25. The lowest BCUT2D eigenvalue weighted by molar-refractivity contribution is 0.156. The Bertz CT molecular complexity index is 569. The Kier molecular flexibility index (Phi) is 6.45. The summed E-state index contributed by atoms with van der Waals surface area (Å²) < 4.78 is 28.8. The predicted molar refractivity (Wildman–Crippen MR) is 107 cm³/mol. The van der Waals surface area contributed by atoms with Crippen molar-refractivity contribution in [2.24, 2.45) is 15.8 Å². The summed E-state index contributed by atoms with van der Waals surface area (Å²) in [4.78, 5) is 7.12. The normalized spacial score (nSPS) is 28.9. The van der Waals surface area contributed by atoms with E-state index in [2.05, 4.69) is 17.1 Å². The number of hydrogen-bond acceptors (Lipinski definition) is 4. The quantitative estimate of drug-likeness (QED) is 0.374. The molecule has 1 saturated carbocycles. The number of nitrogens with zero attached hydrogens (tertiary/aromatic N) is 2. The number of nitrogens with one attached hydrogen (secondary N) is 1. The molecule has 1 N–H and O–H groups in total. The highest BCUT2D eigenvalue weighted by Gasteiger charge is 2.46. The van der Waals surface area contributed by atoms with Crippen LogP contribution in [-0.2, 0) is 14.6 Å². The first kappa shape index (κ1) is 20.2. The van der Waals surface area contributed by atoms with Gasteiger partial charge in [-0.25, -0.2) is 8.42 Å². The first-order valence-electron chi connectivity index (χ1n) is 8.64. The van der Waals surface area contributed by atoms with Crippen molar-refractivity contribution in [3.8, 4) is 0 Å². The minimum absolute atomic E-state index is 0. The Morgan fingerprint density at radius 1 is 1.29 bits per heavy atom. The molecule has 3 rings (SSSR count). The summed E-state index contributed by atoms with van der Waals surface area (Å²) in [6, 6.07) is 0. The van der Waals surface area contributed by atoms with Crippen molar-refractivity contribution < 1.29 is 13.2 Å². The molecule has 0 radical (unpaired) electrons. The number of ether oxygens (including phenoxy) is 1. The molecule has 2 aliphatic heterocycles. The fraction of sp³-hybridized carbons (Fsp3) is 0.938. The Labute approximate surface area is 162 Å². The SMILES string of the molecule is CCNC(=NCC1(CS(C)(=O)=O)CC1)N1CCC2(CCOC2)C1.I. The van der Waals surface area contributed by atoms with Gasteiger partial charge in [0.05, 0.1) is 12.4 Å². The molecule has 8 heteroatoms. The molecule has 3 aliphatic rings. The molecular formula is C16H30IN3O3S. The molecule has 0 aromatic carbocycles. The average Bonchev–Trinajstić information content (AvgIpc) is 2.90. The van der Waals surface area contributed by atoms with Crippen LogP contribution in [0.4, 0.5) is 0 Å². The van der Waals surface area contributed by atoms with Gasteiger partial charge in [0, 0.05) is 49.9 Å². The number of hydrogen-bond donors (Lipinski definition) is 1. The van der Waals surface area contributed by atoms with E-state index in [4.69, 9.17) is 9.73 Å². The van der Waals surface area contributed by atoms with E-state index in [1.165, 1.54) is 6.26 Å². The third kappa shape index (κ3) is 4.97. The highest BCUT2D eigenvalue weighted by Crippen LogP contribution is 2.47. The van der Waals surface area contributed by atoms with Crippen molar-refractivity contribution in [3.63, 3.8) is 0 Å². The zero-order valence-corrected chi connectivity index (χ0v) is 17.9. The zero-order valence-electron chi connectivity index (χ0n) is 14.7. The summed E-state index contributed by atoms with van der Waals surface area (Å²) in [7, 11) is -2.94. The van der Waals surface area contributed by atoms with Crippen molar-refractivity contribution in [3.05, 3.63) is 0 Å². The van der Waals surface area contributed by atoms with Gasteiger partial charge in [0.2, 0.25) is 0 Å². The van der Waals surface area contributed by atoms with E-state index in [9.17, 15) is 8.42 Å². The molecule has 24 heavy (non-hydrogen) atoms. The fourth-order valence-corrected chi connectivity index (χ4v) is 5.33. The van der Waals surface area contributed by atoms with Crippen molar-refractivity contribution in [2.45, 2.75) is 32.6 Å². The molecule has 2 heterocycles. The zero-order chi connectivity index (χ0) is 16.6. The molecule has 140 valence electrons. The second-order valence-electron chi connectivity index (χ2n) is 7.71. The monoisotopic (exact) mass is 471 g/mol. The van der Waals surface area contributed by atoms with Gasteiger partial charge in [0.15, 0.2) is 5.96 Å². The standard InChI is InChI=1S/C16H29N3O3S.HI/c1-3-17-14(18-10-15(4-5-15)13-23(2,20)21)19-8-6-16(11-19)7-9-22-12-16;/h3-13H2,1-2H3,(H,17,18);1H. The van der Waals surface area contributed by atoms with E-state index >= 15 is 0 Å². The second kappa shape index (κ2) is 7.65. The van der Waals surface area contributed by atoms with E-state index in [1.54, 1.807) is 0 Å². The van der Waals surface area contributed by atoms with Crippen molar-refractivity contribution in [1.29, 1.82) is 0 Å². The summed E-state index contributed by atoms with van der Waals surface area (Å²) in [6.07, 6.45) is 5.57. The second-order valence-corrected chi connectivity index (χ2v) is 9.85. The molecule has 0 aromatic heterocycles. The van der Waals surface area contributed by atoms with Crippen molar-refractivity contribution >= 4 is 39.8 Å². The predicted octanol–water partition coefficient (Wildman–Crippen LogP) is 1.51. The highest BCUT2D eigenvalue weighted by atomic mass is 127. The van der Waals surface area contributed by atoms with Crippen LogP contribution in [0.15, 0.2) is 4.99 Å². The minimum Gasteiger partial charge on any atom is -0.381 e. The van der Waals surface area contributed by atoms with E-state index in [0.29, 0.717) is 12.0 Å². The van der Waals surface area contributed by atoms with E-state index in [1.807, 2.05) is 0 Å². The van der Waals surface area contributed by atoms with Crippen LogP contribution in [0.2, 0.25) is 0 Å². The lowest BCUT2D eigenvalue weighted by atomic mass is 9.87. The molecule has 1 atom stereocenters. The number of likely N-dealkylation sites (tertiary alicyclic amines) is 1. The fourth-order valence-electron chi connectivity index (χ4n) is 3.84. The third-order valence-corrected chi connectivity index (χ3v) is 6.48. The molecule has 1 aliphatic carbocycles. The number of aliphatic imine (C=N–C) groups is 1. The summed E-state index contributed by atoms with van der Waals surface area (Å²) >= 11 is 0. The summed E-state index contributed by atoms with van der Waals surface area (Å²) in [6.45, 7) is 7.26. The molecule has 3 fully saturated rings. The summed E-state index contributed by atoms with van der Waals surface area (Å²) in [5.74, 6) is 1.21. The number of halogens is 1. The largest absolute Gasteiger partial charge is 0.381 e. The first-order chi connectivity index (χ1) is 10.9. The Morgan fingerprint density at radius 3 is 2.58 bits per heavy atom. The van der Waals surface area contributed by atoms with Crippen molar-refractivity contribution in [1.82, 2.24) is 10.2 Å². The van der Waals surface area contributed by atoms with Crippen LogP contribution in [0.3, 0.4) is 0 Å². The van der Waals surface area contributed by atoms with Crippen LogP contribution >= 0.6 is 24.0 Å². The van der Waals surface area contributed by atoms with Gasteiger partial charge in [-0.05, 0) is 32.6 Å². The molecule has 1 unspecified atom stereocenters. The molecule has 0 aromatic rings. The van der Waals surface area contributed by atoms with Crippen molar-refractivity contribution in [2.75, 3.05) is 51.4 Å². The maximum atomic E-state index is 11.6. The lowest BCUT2D eigenvalue weighted by Crippen LogP contribution is -2.42. The Balaban J connectivity index is 0.00000208. The smallest absolute Gasteiger partial charge is 0.193 e. The summed E-state index contributed by atoms with van der Waals surface area (Å²) in [5, 5.41) is 3.38. The van der Waals surface area contributed by atoms with Crippen LogP contribution in [0.25, 0.3) is 0 Å². The average molecular weight is 471 g/mol. The van der Waals surface area contributed by atoms with Gasteiger partial charge in [0.25, 0.3) is 0 Å². The van der Waals surface area contributed by atoms with Crippen LogP contribution in [-0.4, -0.2) is 70.7 Å². The number of sulfone groups is 1. The van der Waals surface area contributed by atoms with Crippen LogP contribution < -0.4 is 5.32 Å². The van der Waals surface area contributed by atoms with Gasteiger partial charge in [0.1, 0.15) is 9.84 Å². The maximum absolute atomic E-state index is 11.6. The van der Waals surface area contributed by atoms with Crippen LogP contribution in [0.1, 0.15) is 32.6 Å². The number of guanidine groups is 1. The Morgan fingerprint density at radius 2 is 2.04 bits per heavy atom. The Hall–Kier alpha value is -0.0900. The molecular weight excluding hydrogens is 441 g/mol. The van der Waals surface area contributed by atoms with E-state index in [-0.39, 0.29) is 35.1 Å². The van der Waals surface area contributed by atoms with Gasteiger partial charge in [-0.1, -0.05) is 0 Å². The van der Waals surface area contributed by atoms with Gasteiger partial charge >= 0.3 is 0 Å². The highest BCUT2D eigenvalue weighted by molar-refractivity contribution is 14.0. The minimum atomic E-state index is -2.94. The first-order valence-corrected chi connectivity index (χ1v) is 10.7. The molecule has 0 bridgehead atoms. The van der Waals surface area contributed by atoms with Gasteiger partial charge in [-0.2, -0.15) is 0 Å². The van der Waals surface area contributed by atoms with Crippen LogP contribution in [0, 0.1) is 10.8 Å². The van der Waals surface area contributed by atoms with Gasteiger partial charge in [-0.15, -0.1) is 24.0 Å². The van der Waals surface area contributed by atoms with Crippen LogP contribution in [0.5, 0.6) is 0 Å². The maximum Gasteiger partial charge on any atom is 0.193 e. The molecule has 1 spiro atoms. The molecule has 0 amide bonds. The van der Waals surface area contributed by atoms with Gasteiger partial charge < -0.3 is 15.0 Å². The van der Waals surface area contributed by atoms with E-state index < -0.39 is 9.84 Å². The third-order valence-electron chi connectivity index (χ3n) is 5.35. The molecule has 6 nitrogen and oxygen atoms in total. The van der Waals surface area contributed by atoms with Gasteiger partial charge in [-0.3, -0.25) is 4.99 Å². The topological polar surface area (TPSA) is 71.0 Å².